The molecule has 4 aromatic rings. The predicted octanol–water partition coefficient (Wildman–Crippen LogP) is 4.11. The van der Waals surface area contributed by atoms with Crippen LogP contribution >= 0.6 is 11.3 Å². The van der Waals surface area contributed by atoms with Gasteiger partial charge in [0, 0.05) is 28.6 Å². The Balaban J connectivity index is 1.34. The molecular weight excluding hydrogens is 424 g/mol. The topological polar surface area (TPSA) is 98.8 Å². The molecule has 8 nitrogen and oxygen atoms in total. The molecule has 0 radical (unpaired) electrons. The Morgan fingerprint density at radius 2 is 2.09 bits per heavy atom. The fourth-order valence-corrected chi connectivity index (χ4v) is 5.63. The lowest BCUT2D eigenvalue weighted by molar-refractivity contribution is 0.0902. The number of piperidine rings is 1. The quantitative estimate of drug-likeness (QED) is 0.449. The molecule has 0 aromatic carbocycles. The molecule has 1 aliphatic heterocycles. The van der Waals surface area contributed by atoms with Crippen LogP contribution in [0, 0.1) is 11.8 Å². The highest BCUT2D eigenvalue weighted by molar-refractivity contribution is 7.19. The first kappa shape index (κ1) is 21.0. The van der Waals surface area contributed by atoms with E-state index in [1.165, 1.54) is 11.3 Å². The van der Waals surface area contributed by atoms with Crippen molar-refractivity contribution in [3.05, 3.63) is 48.6 Å². The van der Waals surface area contributed by atoms with Gasteiger partial charge >= 0.3 is 0 Å². The minimum atomic E-state index is -0.146. The maximum Gasteiger partial charge on any atom is 0.275 e. The van der Waals surface area contributed by atoms with Crippen LogP contribution in [-0.2, 0) is 5.41 Å². The number of nitrogens with zero attached hydrogens (tertiary/aromatic N) is 5. The van der Waals surface area contributed by atoms with Gasteiger partial charge in [-0.15, -0.1) is 5.10 Å². The van der Waals surface area contributed by atoms with Crippen molar-refractivity contribution in [1.29, 1.82) is 0 Å². The lowest BCUT2D eigenvalue weighted by Crippen LogP contribution is -2.50. The summed E-state index contributed by atoms with van der Waals surface area (Å²) >= 11 is 1.48. The third-order valence-corrected chi connectivity index (χ3v) is 7.34. The van der Waals surface area contributed by atoms with Crippen molar-refractivity contribution in [2.75, 3.05) is 19.7 Å². The van der Waals surface area contributed by atoms with Gasteiger partial charge in [-0.2, -0.15) is 0 Å². The Hall–Kier alpha value is -2.91. The highest BCUT2D eigenvalue weighted by Crippen LogP contribution is 2.44. The minimum absolute atomic E-state index is 0.146. The van der Waals surface area contributed by atoms with Gasteiger partial charge in [-0.3, -0.25) is 4.98 Å². The summed E-state index contributed by atoms with van der Waals surface area (Å²) in [6, 6.07) is 7.88. The molecule has 9 heteroatoms. The molecule has 5 heterocycles. The molecule has 1 N–H and O–H groups in total. The van der Waals surface area contributed by atoms with Gasteiger partial charge in [0.25, 0.3) is 5.19 Å². The van der Waals surface area contributed by atoms with Crippen molar-refractivity contribution in [2.24, 2.45) is 11.8 Å². The van der Waals surface area contributed by atoms with E-state index < -0.39 is 0 Å². The zero-order chi connectivity index (χ0) is 22.0. The largest absolute Gasteiger partial charge is 0.470 e. The lowest BCUT2D eigenvalue weighted by atomic mass is 9.63. The second-order valence-corrected chi connectivity index (χ2v) is 9.52. The first-order valence-corrected chi connectivity index (χ1v) is 11.8. The normalized spacial score (nSPS) is 21.3. The van der Waals surface area contributed by atoms with Gasteiger partial charge in [-0.25, -0.2) is 9.97 Å². The van der Waals surface area contributed by atoms with Gasteiger partial charge in [0.1, 0.15) is 10.3 Å². The second-order valence-electron chi connectivity index (χ2n) is 8.58. The second kappa shape index (κ2) is 8.91. The zero-order valence-electron chi connectivity index (χ0n) is 18.2. The Morgan fingerprint density at radius 3 is 2.88 bits per heavy atom. The SMILES string of the molecule is CC(C)C1CNCCC1(CCOc1nc2ccc(-c3ccncc3)nc2s1)c1cnno1. The average Bonchev–Trinajstić information content (AvgIpc) is 3.49. The summed E-state index contributed by atoms with van der Waals surface area (Å²) in [5, 5.41) is 11.9. The van der Waals surface area contributed by atoms with Crippen LogP contribution in [0.1, 0.15) is 32.4 Å². The average molecular weight is 451 g/mol. The van der Waals surface area contributed by atoms with Crippen molar-refractivity contribution >= 4 is 21.7 Å². The van der Waals surface area contributed by atoms with Gasteiger partial charge in [0.15, 0.2) is 5.76 Å². The minimum Gasteiger partial charge on any atom is -0.470 e. The van der Waals surface area contributed by atoms with Gasteiger partial charge in [-0.05, 0) is 62.0 Å². The number of hydrogen-bond acceptors (Lipinski definition) is 9. The van der Waals surface area contributed by atoms with E-state index in [-0.39, 0.29) is 5.41 Å². The maximum atomic E-state index is 6.15. The number of nitrogens with one attached hydrogen (secondary N) is 1. The summed E-state index contributed by atoms with van der Waals surface area (Å²) in [6.07, 6.45) is 7.09. The van der Waals surface area contributed by atoms with Crippen LogP contribution in [0.5, 0.6) is 5.19 Å². The molecule has 2 unspecified atom stereocenters. The Kier molecular flexibility index (Phi) is 5.84. The van der Waals surface area contributed by atoms with Crippen molar-refractivity contribution in [1.82, 2.24) is 30.6 Å². The van der Waals surface area contributed by atoms with Crippen molar-refractivity contribution in [2.45, 2.75) is 32.1 Å². The molecule has 166 valence electrons. The number of rotatable bonds is 7. The fourth-order valence-electron chi connectivity index (χ4n) is 4.81. The van der Waals surface area contributed by atoms with Crippen LogP contribution in [0.3, 0.4) is 0 Å². The van der Waals surface area contributed by atoms with Crippen LogP contribution < -0.4 is 10.1 Å². The number of aromatic nitrogens is 5. The molecule has 2 atom stereocenters. The number of thiazole rings is 1. The number of ether oxygens (including phenoxy) is 1. The van der Waals surface area contributed by atoms with E-state index in [4.69, 9.17) is 14.2 Å². The van der Waals surface area contributed by atoms with E-state index in [0.717, 1.165) is 53.3 Å². The molecule has 0 amide bonds. The van der Waals surface area contributed by atoms with E-state index in [1.54, 1.807) is 18.6 Å². The highest BCUT2D eigenvalue weighted by Gasteiger charge is 2.46. The number of fused-ring (bicyclic) bond motifs is 1. The molecule has 5 rings (SSSR count). The number of pyridine rings is 2. The molecule has 0 bridgehead atoms. The summed E-state index contributed by atoms with van der Waals surface area (Å²) in [5.41, 5.74) is 2.64. The van der Waals surface area contributed by atoms with Gasteiger partial charge in [-0.1, -0.05) is 25.2 Å². The van der Waals surface area contributed by atoms with Crippen molar-refractivity contribution in [3.63, 3.8) is 0 Å². The predicted molar refractivity (Wildman–Crippen MR) is 123 cm³/mol. The molecule has 1 aliphatic rings. The Morgan fingerprint density at radius 1 is 1.22 bits per heavy atom. The van der Waals surface area contributed by atoms with Crippen molar-refractivity contribution in [3.8, 4) is 16.5 Å². The first-order chi connectivity index (χ1) is 15.7. The standard InChI is InChI=1S/C23H26N6O2S/c1-15(2)17-13-25-11-7-23(17,20-14-26-29-31-20)8-12-30-22-28-19-4-3-18(27-21(19)32-22)16-5-9-24-10-6-16/h3-6,9-10,14-15,17,25H,7-8,11-13H2,1-2H3. The summed E-state index contributed by atoms with van der Waals surface area (Å²) in [4.78, 5) is 14.3. The molecule has 32 heavy (non-hydrogen) atoms. The molecule has 4 aromatic heterocycles. The van der Waals surface area contributed by atoms with Gasteiger partial charge in [0.05, 0.1) is 18.5 Å². The van der Waals surface area contributed by atoms with Crippen molar-refractivity contribution < 1.29 is 9.26 Å². The van der Waals surface area contributed by atoms with E-state index in [2.05, 4.69) is 39.5 Å². The maximum absolute atomic E-state index is 6.15. The van der Waals surface area contributed by atoms with E-state index in [9.17, 15) is 0 Å². The zero-order valence-corrected chi connectivity index (χ0v) is 19.0. The van der Waals surface area contributed by atoms with Crippen LogP contribution in [0.25, 0.3) is 21.6 Å². The van der Waals surface area contributed by atoms with E-state index in [0.29, 0.717) is 23.6 Å². The number of hydrogen-bond donors (Lipinski definition) is 1. The fraction of sp³-hybridized carbons (Fsp3) is 0.435. The van der Waals surface area contributed by atoms with Crippen LogP contribution in [-0.4, -0.2) is 45.0 Å². The van der Waals surface area contributed by atoms with Crippen LogP contribution in [0.4, 0.5) is 0 Å². The molecule has 1 saturated heterocycles. The third-order valence-electron chi connectivity index (χ3n) is 6.46. The summed E-state index contributed by atoms with van der Waals surface area (Å²) in [6.45, 7) is 6.95. The summed E-state index contributed by atoms with van der Waals surface area (Å²) in [5.74, 6) is 1.76. The third kappa shape index (κ3) is 3.98. The molecule has 1 fully saturated rings. The molecule has 0 aliphatic carbocycles. The Labute approximate surface area is 190 Å². The lowest BCUT2D eigenvalue weighted by Gasteiger charge is -2.44. The van der Waals surface area contributed by atoms with E-state index >= 15 is 0 Å². The summed E-state index contributed by atoms with van der Waals surface area (Å²) in [7, 11) is 0. The smallest absolute Gasteiger partial charge is 0.275 e. The molecule has 0 spiro atoms. The van der Waals surface area contributed by atoms with Crippen LogP contribution in [0.15, 0.2) is 47.4 Å². The summed E-state index contributed by atoms with van der Waals surface area (Å²) < 4.78 is 11.7. The molecular formula is C23H26N6O2S. The highest BCUT2D eigenvalue weighted by atomic mass is 32.1. The first-order valence-electron chi connectivity index (χ1n) is 10.9. The van der Waals surface area contributed by atoms with E-state index in [1.807, 2.05) is 24.3 Å². The monoisotopic (exact) mass is 450 g/mol. The van der Waals surface area contributed by atoms with Gasteiger partial charge in [0.2, 0.25) is 0 Å². The Bertz CT molecular complexity index is 1160. The van der Waals surface area contributed by atoms with Gasteiger partial charge < -0.3 is 14.6 Å². The van der Waals surface area contributed by atoms with Crippen LogP contribution in [0.2, 0.25) is 0 Å². The molecule has 0 saturated carbocycles.